The van der Waals surface area contributed by atoms with Crippen molar-refractivity contribution >= 4 is 0 Å². The quantitative estimate of drug-likeness (QED) is 0.636. The molecule has 0 spiro atoms. The van der Waals surface area contributed by atoms with Crippen molar-refractivity contribution in [3.63, 3.8) is 0 Å². The van der Waals surface area contributed by atoms with E-state index in [-0.39, 0.29) is 5.56 Å². The first-order valence-electron chi connectivity index (χ1n) is 7.47. The Morgan fingerprint density at radius 3 is 2.39 bits per heavy atom. The molecule has 1 atom stereocenters. The Balaban J connectivity index is 2.56. The highest BCUT2D eigenvalue weighted by Crippen LogP contribution is 2.25. The van der Waals surface area contributed by atoms with Crippen LogP contribution in [0.5, 0.6) is 0 Å². The zero-order chi connectivity index (χ0) is 13.2. The summed E-state index contributed by atoms with van der Waals surface area (Å²) >= 11 is 0. The monoisotopic (exact) mass is 249 g/mol. The molecule has 0 saturated carbocycles. The maximum atomic E-state index is 11.4. The van der Waals surface area contributed by atoms with E-state index >= 15 is 0 Å². The van der Waals surface area contributed by atoms with Gasteiger partial charge < -0.3 is 4.98 Å². The lowest BCUT2D eigenvalue weighted by Gasteiger charge is -2.16. The fourth-order valence-corrected chi connectivity index (χ4v) is 2.43. The molecule has 0 saturated heterocycles. The first-order chi connectivity index (χ1) is 8.77. The number of rotatable bonds is 9. The van der Waals surface area contributed by atoms with Crippen LogP contribution in [0.3, 0.4) is 0 Å². The minimum absolute atomic E-state index is 0.0301. The van der Waals surface area contributed by atoms with Crippen molar-refractivity contribution in [2.45, 2.75) is 71.1 Å². The van der Waals surface area contributed by atoms with E-state index in [0.29, 0.717) is 5.92 Å². The summed E-state index contributed by atoms with van der Waals surface area (Å²) in [4.78, 5) is 14.4. The van der Waals surface area contributed by atoms with E-state index in [2.05, 4.69) is 24.9 Å². The van der Waals surface area contributed by atoms with Gasteiger partial charge in [0.25, 0.3) is 0 Å². The van der Waals surface area contributed by atoms with E-state index in [1.54, 1.807) is 6.07 Å². The first-order valence-corrected chi connectivity index (χ1v) is 7.47. The average Bonchev–Trinajstić information content (AvgIpc) is 2.38. The zero-order valence-electron chi connectivity index (χ0n) is 11.9. The van der Waals surface area contributed by atoms with E-state index in [0.717, 1.165) is 5.69 Å². The van der Waals surface area contributed by atoms with Gasteiger partial charge in [0.15, 0.2) is 0 Å². The second-order valence-corrected chi connectivity index (χ2v) is 5.16. The highest BCUT2D eigenvalue weighted by molar-refractivity contribution is 5.09. The van der Waals surface area contributed by atoms with Crippen LogP contribution in [-0.4, -0.2) is 4.98 Å². The Morgan fingerprint density at radius 1 is 1.00 bits per heavy atom. The van der Waals surface area contributed by atoms with Crippen LogP contribution in [0.4, 0.5) is 0 Å². The molecule has 1 heterocycles. The van der Waals surface area contributed by atoms with Crippen molar-refractivity contribution in [2.24, 2.45) is 0 Å². The Morgan fingerprint density at radius 2 is 1.72 bits per heavy atom. The summed E-state index contributed by atoms with van der Waals surface area (Å²) in [6.45, 7) is 4.46. The molecule has 0 fully saturated rings. The molecule has 1 unspecified atom stereocenters. The summed E-state index contributed by atoms with van der Waals surface area (Å²) < 4.78 is 0. The Labute approximate surface area is 111 Å². The summed E-state index contributed by atoms with van der Waals surface area (Å²) in [5.74, 6) is 0.538. The minimum atomic E-state index is 0.0301. The first kappa shape index (κ1) is 15.0. The SMILES string of the molecule is CCCCCCC(CCCC)c1cccc(=O)[nH]1. The van der Waals surface area contributed by atoms with E-state index in [9.17, 15) is 4.79 Å². The number of hydrogen-bond acceptors (Lipinski definition) is 1. The molecule has 0 aliphatic heterocycles. The van der Waals surface area contributed by atoms with E-state index in [1.807, 2.05) is 6.07 Å². The average molecular weight is 249 g/mol. The molecule has 1 aromatic rings. The third-order valence-corrected chi connectivity index (χ3v) is 3.54. The molecule has 0 aliphatic carbocycles. The summed E-state index contributed by atoms with van der Waals surface area (Å²) in [5.41, 5.74) is 1.16. The third-order valence-electron chi connectivity index (χ3n) is 3.54. The molecule has 2 nitrogen and oxygen atoms in total. The molecule has 18 heavy (non-hydrogen) atoms. The molecule has 0 aromatic carbocycles. The molecule has 1 aromatic heterocycles. The summed E-state index contributed by atoms with van der Waals surface area (Å²) in [6, 6.07) is 5.54. The number of aromatic nitrogens is 1. The van der Waals surface area contributed by atoms with Gasteiger partial charge in [0, 0.05) is 11.8 Å². The Bertz CT molecular complexity index is 369. The molecular formula is C16H27NO. The van der Waals surface area contributed by atoms with Gasteiger partial charge in [-0.05, 0) is 24.8 Å². The summed E-state index contributed by atoms with van der Waals surface area (Å²) in [6.07, 6.45) is 10.1. The van der Waals surface area contributed by atoms with Gasteiger partial charge in [0.05, 0.1) is 0 Å². The molecule has 0 bridgehead atoms. The maximum Gasteiger partial charge on any atom is 0.248 e. The van der Waals surface area contributed by atoms with Crippen molar-refractivity contribution in [1.82, 2.24) is 4.98 Å². The van der Waals surface area contributed by atoms with Crippen LogP contribution < -0.4 is 5.56 Å². The lowest BCUT2D eigenvalue weighted by atomic mass is 9.92. The van der Waals surface area contributed by atoms with Crippen LogP contribution >= 0.6 is 0 Å². The number of H-pyrrole nitrogens is 1. The van der Waals surface area contributed by atoms with Gasteiger partial charge in [-0.25, -0.2) is 0 Å². The fraction of sp³-hybridized carbons (Fsp3) is 0.688. The number of nitrogens with one attached hydrogen (secondary N) is 1. The maximum absolute atomic E-state index is 11.4. The van der Waals surface area contributed by atoms with Crippen LogP contribution in [0.2, 0.25) is 0 Å². The Kier molecular flexibility index (Phi) is 7.47. The van der Waals surface area contributed by atoms with Crippen LogP contribution in [0.1, 0.15) is 76.8 Å². The van der Waals surface area contributed by atoms with E-state index in [4.69, 9.17) is 0 Å². The van der Waals surface area contributed by atoms with Gasteiger partial charge in [-0.2, -0.15) is 0 Å². The van der Waals surface area contributed by atoms with Gasteiger partial charge in [0.2, 0.25) is 5.56 Å². The normalized spacial score (nSPS) is 12.6. The molecule has 102 valence electrons. The highest BCUT2D eigenvalue weighted by Gasteiger charge is 2.11. The fourth-order valence-electron chi connectivity index (χ4n) is 2.43. The largest absolute Gasteiger partial charge is 0.326 e. The number of aromatic amines is 1. The van der Waals surface area contributed by atoms with Crippen molar-refractivity contribution in [3.8, 4) is 0 Å². The summed E-state index contributed by atoms with van der Waals surface area (Å²) in [7, 11) is 0. The number of hydrogen-bond donors (Lipinski definition) is 1. The lowest BCUT2D eigenvalue weighted by Crippen LogP contribution is -2.10. The topological polar surface area (TPSA) is 32.9 Å². The molecule has 0 aliphatic rings. The molecule has 0 radical (unpaired) electrons. The highest BCUT2D eigenvalue weighted by atomic mass is 16.1. The summed E-state index contributed by atoms with van der Waals surface area (Å²) in [5, 5.41) is 0. The standard InChI is InChI=1S/C16H27NO/c1-3-5-7-8-11-14(10-6-4-2)15-12-9-13-16(18)17-15/h9,12-14H,3-8,10-11H2,1-2H3,(H,17,18). The number of pyridine rings is 1. The van der Waals surface area contributed by atoms with Gasteiger partial charge >= 0.3 is 0 Å². The lowest BCUT2D eigenvalue weighted by molar-refractivity contribution is 0.499. The van der Waals surface area contributed by atoms with Gasteiger partial charge in [-0.1, -0.05) is 58.4 Å². The van der Waals surface area contributed by atoms with Gasteiger partial charge in [-0.15, -0.1) is 0 Å². The second-order valence-electron chi connectivity index (χ2n) is 5.16. The van der Waals surface area contributed by atoms with Crippen LogP contribution in [0, 0.1) is 0 Å². The predicted octanol–water partition coefficient (Wildman–Crippen LogP) is 4.62. The minimum Gasteiger partial charge on any atom is -0.326 e. The van der Waals surface area contributed by atoms with Crippen molar-refractivity contribution in [1.29, 1.82) is 0 Å². The van der Waals surface area contributed by atoms with Gasteiger partial charge in [-0.3, -0.25) is 4.79 Å². The third kappa shape index (κ3) is 5.52. The molecule has 1 N–H and O–H groups in total. The van der Waals surface area contributed by atoms with Crippen molar-refractivity contribution in [2.75, 3.05) is 0 Å². The second kappa shape index (κ2) is 8.96. The predicted molar refractivity (Wildman–Crippen MR) is 78.1 cm³/mol. The molecule has 1 rings (SSSR count). The van der Waals surface area contributed by atoms with Crippen LogP contribution in [0.15, 0.2) is 23.0 Å². The molecule has 0 amide bonds. The molecular weight excluding hydrogens is 222 g/mol. The van der Waals surface area contributed by atoms with Crippen LogP contribution in [0.25, 0.3) is 0 Å². The van der Waals surface area contributed by atoms with Crippen molar-refractivity contribution in [3.05, 3.63) is 34.2 Å². The van der Waals surface area contributed by atoms with Crippen LogP contribution in [-0.2, 0) is 0 Å². The van der Waals surface area contributed by atoms with Crippen molar-refractivity contribution < 1.29 is 0 Å². The number of unbranched alkanes of at least 4 members (excludes halogenated alkanes) is 4. The van der Waals surface area contributed by atoms with Gasteiger partial charge in [0.1, 0.15) is 0 Å². The zero-order valence-corrected chi connectivity index (χ0v) is 11.9. The molecule has 2 heteroatoms. The Hall–Kier alpha value is -1.05. The van der Waals surface area contributed by atoms with E-state index in [1.165, 1.54) is 51.4 Å². The smallest absolute Gasteiger partial charge is 0.248 e. The van der Waals surface area contributed by atoms with E-state index < -0.39 is 0 Å².